The van der Waals surface area contributed by atoms with E-state index in [1.807, 2.05) is 43.5 Å². The van der Waals surface area contributed by atoms with E-state index in [9.17, 15) is 9.90 Å². The van der Waals surface area contributed by atoms with Crippen molar-refractivity contribution in [1.29, 1.82) is 0 Å². The molecule has 3 aromatic rings. The molecular formula is C17H16N2O2. The molecule has 21 heavy (non-hydrogen) atoms. The van der Waals surface area contributed by atoms with Gasteiger partial charge in [0.1, 0.15) is 5.75 Å². The van der Waals surface area contributed by atoms with Crippen molar-refractivity contribution in [3.8, 4) is 5.75 Å². The van der Waals surface area contributed by atoms with E-state index >= 15 is 0 Å². The highest BCUT2D eigenvalue weighted by molar-refractivity contribution is 6.13. The van der Waals surface area contributed by atoms with Crippen LogP contribution in [0.1, 0.15) is 17.3 Å². The molecule has 2 aromatic carbocycles. The highest BCUT2D eigenvalue weighted by Crippen LogP contribution is 2.24. The fourth-order valence-electron chi connectivity index (χ4n) is 2.51. The zero-order valence-electron chi connectivity index (χ0n) is 11.7. The molecule has 0 saturated heterocycles. The number of carbonyl (C=O) groups is 1. The third kappa shape index (κ3) is 2.36. The second-order valence-electron chi connectivity index (χ2n) is 4.82. The summed E-state index contributed by atoms with van der Waals surface area (Å²) >= 11 is 0. The molecule has 0 saturated carbocycles. The van der Waals surface area contributed by atoms with E-state index < -0.39 is 0 Å². The van der Waals surface area contributed by atoms with Crippen LogP contribution in [0.3, 0.4) is 0 Å². The van der Waals surface area contributed by atoms with E-state index in [-0.39, 0.29) is 11.7 Å². The predicted molar refractivity (Wildman–Crippen MR) is 83.8 cm³/mol. The van der Waals surface area contributed by atoms with Crippen LogP contribution in [-0.4, -0.2) is 22.5 Å². The van der Waals surface area contributed by atoms with E-state index in [0.29, 0.717) is 17.8 Å². The van der Waals surface area contributed by atoms with E-state index in [4.69, 9.17) is 0 Å². The van der Waals surface area contributed by atoms with Gasteiger partial charge in [0.05, 0.1) is 11.1 Å². The number of hydrogen-bond donors (Lipinski definition) is 2. The minimum Gasteiger partial charge on any atom is -0.508 e. The number of H-pyrrole nitrogens is 1. The first-order chi connectivity index (χ1) is 10.2. The maximum absolute atomic E-state index is 12.8. The van der Waals surface area contributed by atoms with Gasteiger partial charge in [-0.05, 0) is 31.2 Å². The monoisotopic (exact) mass is 280 g/mol. The van der Waals surface area contributed by atoms with Crippen molar-refractivity contribution in [1.82, 2.24) is 4.98 Å². The van der Waals surface area contributed by atoms with E-state index in [0.717, 1.165) is 10.9 Å². The van der Waals surface area contributed by atoms with Crippen LogP contribution in [0, 0.1) is 0 Å². The molecule has 1 heterocycles. The highest BCUT2D eigenvalue weighted by Gasteiger charge is 2.19. The van der Waals surface area contributed by atoms with Crippen LogP contribution in [-0.2, 0) is 0 Å². The first kappa shape index (κ1) is 13.2. The minimum absolute atomic E-state index is 0.0869. The quantitative estimate of drug-likeness (QED) is 0.771. The summed E-state index contributed by atoms with van der Waals surface area (Å²) in [6.07, 6.45) is 1.83. The fourth-order valence-corrected chi connectivity index (χ4v) is 2.51. The number of hydrogen-bond acceptors (Lipinski definition) is 2. The van der Waals surface area contributed by atoms with Crippen LogP contribution < -0.4 is 4.90 Å². The second kappa shape index (κ2) is 5.32. The Balaban J connectivity index is 2.05. The largest absolute Gasteiger partial charge is 0.508 e. The molecule has 106 valence electrons. The average molecular weight is 280 g/mol. The van der Waals surface area contributed by atoms with E-state index in [1.165, 1.54) is 0 Å². The van der Waals surface area contributed by atoms with Crippen LogP contribution in [0.5, 0.6) is 5.75 Å². The molecule has 4 nitrogen and oxygen atoms in total. The number of benzene rings is 2. The van der Waals surface area contributed by atoms with Crippen molar-refractivity contribution >= 4 is 22.5 Å². The summed E-state index contributed by atoms with van der Waals surface area (Å²) in [7, 11) is 0. The Morgan fingerprint density at radius 3 is 2.76 bits per heavy atom. The number of phenols is 1. The van der Waals surface area contributed by atoms with Crippen molar-refractivity contribution in [3.05, 3.63) is 60.3 Å². The predicted octanol–water partition coefficient (Wildman–Crippen LogP) is 3.54. The van der Waals surface area contributed by atoms with Crippen LogP contribution >= 0.6 is 0 Å². The average Bonchev–Trinajstić information content (AvgIpc) is 2.96. The lowest BCUT2D eigenvalue weighted by molar-refractivity contribution is 0.0990. The van der Waals surface area contributed by atoms with Crippen molar-refractivity contribution < 1.29 is 9.90 Å². The Kier molecular flexibility index (Phi) is 3.36. The Bertz CT molecular complexity index is 792. The maximum atomic E-state index is 12.8. The number of aromatic amines is 1. The smallest absolute Gasteiger partial charge is 0.260 e. The SMILES string of the molecule is CCN(C(=O)c1cccc2cc[nH]c12)c1cccc(O)c1. The van der Waals surface area contributed by atoms with Gasteiger partial charge in [0.15, 0.2) is 0 Å². The number of nitrogens with zero attached hydrogens (tertiary/aromatic N) is 1. The Morgan fingerprint density at radius 2 is 2.00 bits per heavy atom. The van der Waals surface area contributed by atoms with Gasteiger partial charge in [-0.1, -0.05) is 18.2 Å². The third-order valence-corrected chi connectivity index (χ3v) is 3.52. The molecule has 0 aliphatic carbocycles. The third-order valence-electron chi connectivity index (χ3n) is 3.52. The minimum atomic E-state index is -0.0869. The molecule has 0 fully saturated rings. The summed E-state index contributed by atoms with van der Waals surface area (Å²) in [6.45, 7) is 2.44. The number of aromatic nitrogens is 1. The molecule has 1 amide bonds. The summed E-state index contributed by atoms with van der Waals surface area (Å²) in [4.78, 5) is 17.6. The lowest BCUT2D eigenvalue weighted by atomic mass is 10.1. The summed E-state index contributed by atoms with van der Waals surface area (Å²) in [5, 5.41) is 10.6. The van der Waals surface area contributed by atoms with Gasteiger partial charge in [-0.25, -0.2) is 0 Å². The lowest BCUT2D eigenvalue weighted by Crippen LogP contribution is -2.30. The highest BCUT2D eigenvalue weighted by atomic mass is 16.3. The van der Waals surface area contributed by atoms with Gasteiger partial charge in [0, 0.05) is 29.9 Å². The maximum Gasteiger partial charge on any atom is 0.260 e. The number of anilines is 1. The van der Waals surface area contributed by atoms with Crippen LogP contribution in [0.15, 0.2) is 54.7 Å². The number of rotatable bonds is 3. The van der Waals surface area contributed by atoms with Crippen molar-refractivity contribution in [2.75, 3.05) is 11.4 Å². The van der Waals surface area contributed by atoms with Crippen LogP contribution in [0.25, 0.3) is 10.9 Å². The summed E-state index contributed by atoms with van der Waals surface area (Å²) in [5.74, 6) is 0.0629. The van der Waals surface area contributed by atoms with Crippen molar-refractivity contribution in [2.24, 2.45) is 0 Å². The van der Waals surface area contributed by atoms with Gasteiger partial charge in [0.25, 0.3) is 5.91 Å². The van der Waals surface area contributed by atoms with Gasteiger partial charge in [0.2, 0.25) is 0 Å². The number of fused-ring (bicyclic) bond motifs is 1. The van der Waals surface area contributed by atoms with Gasteiger partial charge >= 0.3 is 0 Å². The number of para-hydroxylation sites is 1. The topological polar surface area (TPSA) is 56.3 Å². The van der Waals surface area contributed by atoms with Crippen LogP contribution in [0.2, 0.25) is 0 Å². The van der Waals surface area contributed by atoms with Crippen molar-refractivity contribution in [2.45, 2.75) is 6.92 Å². The number of phenolic OH excluding ortho intramolecular Hbond substituents is 1. The van der Waals surface area contributed by atoms with E-state index in [1.54, 1.807) is 23.1 Å². The Hall–Kier alpha value is -2.75. The molecule has 4 heteroatoms. The second-order valence-corrected chi connectivity index (χ2v) is 4.82. The molecule has 0 atom stereocenters. The normalized spacial score (nSPS) is 10.7. The molecule has 0 unspecified atom stereocenters. The van der Waals surface area contributed by atoms with E-state index in [2.05, 4.69) is 4.98 Å². The Morgan fingerprint density at radius 1 is 1.19 bits per heavy atom. The van der Waals surface area contributed by atoms with Crippen LogP contribution in [0.4, 0.5) is 5.69 Å². The molecular weight excluding hydrogens is 264 g/mol. The molecule has 0 radical (unpaired) electrons. The summed E-state index contributed by atoms with van der Waals surface area (Å²) < 4.78 is 0. The zero-order valence-corrected chi connectivity index (χ0v) is 11.7. The fraction of sp³-hybridized carbons (Fsp3) is 0.118. The van der Waals surface area contributed by atoms with Gasteiger partial charge in [-0.15, -0.1) is 0 Å². The number of nitrogens with one attached hydrogen (secondary N) is 1. The zero-order chi connectivity index (χ0) is 14.8. The Labute approximate surface area is 122 Å². The molecule has 0 aliphatic heterocycles. The number of carbonyl (C=O) groups excluding carboxylic acids is 1. The van der Waals surface area contributed by atoms with Gasteiger partial charge in [-0.2, -0.15) is 0 Å². The lowest BCUT2D eigenvalue weighted by Gasteiger charge is -2.21. The molecule has 0 spiro atoms. The molecule has 0 aliphatic rings. The van der Waals surface area contributed by atoms with Gasteiger partial charge in [-0.3, -0.25) is 4.79 Å². The molecule has 3 rings (SSSR count). The summed E-state index contributed by atoms with van der Waals surface area (Å²) in [6, 6.07) is 14.3. The first-order valence-electron chi connectivity index (χ1n) is 6.87. The standard InChI is InChI=1S/C17H16N2O2/c1-2-19(13-6-4-7-14(20)11-13)17(21)15-8-3-5-12-9-10-18-16(12)15/h3-11,18,20H,2H2,1H3. The van der Waals surface area contributed by atoms with Gasteiger partial charge < -0.3 is 15.0 Å². The molecule has 1 aromatic heterocycles. The molecule has 0 bridgehead atoms. The number of aromatic hydroxyl groups is 1. The number of amides is 1. The summed E-state index contributed by atoms with van der Waals surface area (Å²) in [5.41, 5.74) is 2.15. The first-order valence-corrected chi connectivity index (χ1v) is 6.87. The van der Waals surface area contributed by atoms with Crippen molar-refractivity contribution in [3.63, 3.8) is 0 Å². The molecule has 2 N–H and O–H groups in total.